The summed E-state index contributed by atoms with van der Waals surface area (Å²) in [4.78, 5) is 26.8. The standard InChI is InChI=1S/C49H74Cl2N2O10S/c1-11-33(44(56)57)37-17-14-26(4)42(60-37)30(8)40(54)29(7)41(55)34(12-2)43-27(5)24-28(6)48(61-43)21-18-38(53-45(64)52-32-15-16-35(50)36(51)25-32)49(63-48)23-22-46(10,62-49)39-19-20-47(58,13-3)31(9)59-39/h15-16,18,21,25-31,33-34,37-40,42-43,54,58H,11-14,17,19-20,22-24H2,1-10H3,(H,56,57)(H2,52,53,64)/t26-,27-,28+,29-,30-,31-,33+,34-,37+,38?,39+,40+,42+,43-,46-,47+,48-,49-/m0/s1. The highest BCUT2D eigenvalue weighted by molar-refractivity contribution is 7.80. The van der Waals surface area contributed by atoms with Crippen molar-refractivity contribution in [3.8, 4) is 0 Å². The minimum atomic E-state index is -1.28. The third-order valence-electron chi connectivity index (χ3n) is 15.9. The molecule has 64 heavy (non-hydrogen) atoms. The lowest BCUT2D eigenvalue weighted by Crippen LogP contribution is -2.66. The van der Waals surface area contributed by atoms with Gasteiger partial charge in [0, 0.05) is 35.8 Å². The molecule has 5 aliphatic rings. The van der Waals surface area contributed by atoms with E-state index in [9.17, 15) is 24.9 Å². The molecule has 0 saturated carbocycles. The van der Waals surface area contributed by atoms with E-state index in [-0.39, 0.29) is 35.7 Å². The molecule has 5 aliphatic heterocycles. The first kappa shape index (κ1) is 51.5. The molecular formula is C49H74Cl2N2O10S. The van der Waals surface area contributed by atoms with Crippen LogP contribution in [0.1, 0.15) is 133 Å². The zero-order valence-corrected chi connectivity index (χ0v) is 41.7. The van der Waals surface area contributed by atoms with Gasteiger partial charge in [0.15, 0.2) is 16.7 Å². The third-order valence-corrected chi connectivity index (χ3v) is 16.9. The fraction of sp³-hybridized carbons (Fsp3) is 0.776. The van der Waals surface area contributed by atoms with E-state index in [1.165, 1.54) is 0 Å². The molecule has 1 aromatic carbocycles. The molecule has 360 valence electrons. The number of rotatable bonds is 14. The van der Waals surface area contributed by atoms with Crippen LogP contribution in [0.4, 0.5) is 5.69 Å². The van der Waals surface area contributed by atoms with Gasteiger partial charge in [0.2, 0.25) is 0 Å². The van der Waals surface area contributed by atoms with Crippen molar-refractivity contribution in [1.29, 1.82) is 0 Å². The molecule has 15 heteroatoms. The van der Waals surface area contributed by atoms with Crippen molar-refractivity contribution in [2.45, 2.75) is 199 Å². The van der Waals surface area contributed by atoms with Crippen molar-refractivity contribution in [1.82, 2.24) is 5.32 Å². The van der Waals surface area contributed by atoms with Gasteiger partial charge in [0.05, 0.1) is 63.8 Å². The first-order valence-corrected chi connectivity index (χ1v) is 25.0. The highest BCUT2D eigenvalue weighted by Gasteiger charge is 2.63. The van der Waals surface area contributed by atoms with E-state index in [0.717, 1.165) is 6.42 Å². The molecule has 5 heterocycles. The number of aliphatic hydroxyl groups is 2. The van der Waals surface area contributed by atoms with Crippen molar-refractivity contribution in [2.75, 3.05) is 5.32 Å². The number of halogens is 2. The number of carboxylic acids is 1. The topological polar surface area (TPSA) is 165 Å². The molecule has 12 nitrogen and oxygen atoms in total. The zero-order valence-electron chi connectivity index (χ0n) is 39.4. The minimum Gasteiger partial charge on any atom is -0.481 e. The number of anilines is 1. The number of ketones is 1. The Bertz CT molecular complexity index is 1880. The number of Topliss-reactive ketones (excluding diaryl/α,β-unsaturated/α-hetero) is 1. The number of carbonyl (C=O) groups excluding carboxylic acids is 1. The minimum absolute atomic E-state index is 0.0169. The molecule has 0 bridgehead atoms. The van der Waals surface area contributed by atoms with Gasteiger partial charge in [-0.2, -0.15) is 0 Å². The maximum atomic E-state index is 14.7. The van der Waals surface area contributed by atoms with Crippen LogP contribution in [0.5, 0.6) is 0 Å². The molecular weight excluding hydrogens is 880 g/mol. The molecule has 4 saturated heterocycles. The molecule has 4 fully saturated rings. The average Bonchev–Trinajstić information content (AvgIpc) is 3.59. The third kappa shape index (κ3) is 10.2. The summed E-state index contributed by atoms with van der Waals surface area (Å²) >= 11 is 18.4. The van der Waals surface area contributed by atoms with E-state index in [0.29, 0.717) is 78.6 Å². The maximum Gasteiger partial charge on any atom is 0.309 e. The Morgan fingerprint density at radius 3 is 2.25 bits per heavy atom. The van der Waals surface area contributed by atoms with E-state index >= 15 is 0 Å². The van der Waals surface area contributed by atoms with Gasteiger partial charge < -0.3 is 49.6 Å². The van der Waals surface area contributed by atoms with Crippen LogP contribution < -0.4 is 10.6 Å². The Morgan fingerprint density at radius 1 is 0.922 bits per heavy atom. The first-order chi connectivity index (χ1) is 30.1. The maximum absolute atomic E-state index is 14.7. The number of aliphatic carboxylic acids is 1. The van der Waals surface area contributed by atoms with Crippen LogP contribution in [0, 0.1) is 41.4 Å². The van der Waals surface area contributed by atoms with Gasteiger partial charge in [-0.15, -0.1) is 0 Å². The lowest BCUT2D eigenvalue weighted by Gasteiger charge is -2.55. The van der Waals surface area contributed by atoms with Gasteiger partial charge in [-0.05, 0) is 120 Å². The predicted molar refractivity (Wildman–Crippen MR) is 252 cm³/mol. The Hall–Kier alpha value is -1.91. The first-order valence-electron chi connectivity index (χ1n) is 23.8. The predicted octanol–water partition coefficient (Wildman–Crippen LogP) is 9.49. The second kappa shape index (κ2) is 20.4. The molecule has 2 spiro atoms. The number of benzene rings is 1. The fourth-order valence-electron chi connectivity index (χ4n) is 11.5. The number of ether oxygens (including phenoxy) is 5. The Kier molecular flexibility index (Phi) is 16.4. The summed E-state index contributed by atoms with van der Waals surface area (Å²) in [5.41, 5.74) is -1.04. The molecule has 0 aromatic heterocycles. The second-order valence-electron chi connectivity index (χ2n) is 20.2. The number of hydrogen-bond acceptors (Lipinski definition) is 10. The van der Waals surface area contributed by atoms with Crippen molar-refractivity contribution >= 4 is 58.0 Å². The van der Waals surface area contributed by atoms with E-state index in [4.69, 9.17) is 59.1 Å². The van der Waals surface area contributed by atoms with Gasteiger partial charge in [0.1, 0.15) is 11.8 Å². The van der Waals surface area contributed by atoms with Crippen LogP contribution in [0.3, 0.4) is 0 Å². The number of hydrogen-bond donors (Lipinski definition) is 5. The molecule has 0 radical (unpaired) electrons. The van der Waals surface area contributed by atoms with Gasteiger partial charge in [-0.1, -0.05) is 84.7 Å². The molecule has 1 unspecified atom stereocenters. The highest BCUT2D eigenvalue weighted by atomic mass is 35.5. The largest absolute Gasteiger partial charge is 0.481 e. The smallest absolute Gasteiger partial charge is 0.309 e. The summed E-state index contributed by atoms with van der Waals surface area (Å²) in [7, 11) is 0. The molecule has 18 atom stereocenters. The van der Waals surface area contributed by atoms with Gasteiger partial charge in [0.25, 0.3) is 0 Å². The molecule has 1 aromatic rings. The summed E-state index contributed by atoms with van der Waals surface area (Å²) < 4.78 is 34.8. The SMILES string of the molecule is CC[C@@H](C(=O)[C@@H](C)[C@@H](O)[C@H](C)[C@@H]1O[C@@H]([C@@H](CC)C(=O)O)CC[C@@H]1C)[C@H]1O[C@]2(C=CC(NC(=S)Nc3ccc(Cl)c(Cl)c3)[C@]3(CC[C@@](C)([C@H]4CC[C@](O)(CC)[C@H](C)O4)O3)O2)[C@H](C)C[C@@H]1C. The van der Waals surface area contributed by atoms with Crippen LogP contribution in [0.25, 0.3) is 0 Å². The van der Waals surface area contributed by atoms with Gasteiger partial charge in [-0.3, -0.25) is 9.59 Å². The zero-order chi connectivity index (χ0) is 47.1. The second-order valence-corrected chi connectivity index (χ2v) is 21.4. The summed E-state index contributed by atoms with van der Waals surface area (Å²) in [6, 6.07) is 4.61. The molecule has 0 amide bonds. The fourth-order valence-corrected chi connectivity index (χ4v) is 12.1. The van der Waals surface area contributed by atoms with E-state index < -0.39 is 82.9 Å². The highest BCUT2D eigenvalue weighted by Crippen LogP contribution is 2.54. The van der Waals surface area contributed by atoms with Crippen molar-refractivity contribution in [2.24, 2.45) is 41.4 Å². The van der Waals surface area contributed by atoms with Gasteiger partial charge in [-0.25, -0.2) is 0 Å². The van der Waals surface area contributed by atoms with Crippen LogP contribution in [0.15, 0.2) is 30.4 Å². The number of carboxylic acid groups (broad SMARTS) is 1. The van der Waals surface area contributed by atoms with Crippen LogP contribution in [-0.4, -0.2) is 97.6 Å². The van der Waals surface area contributed by atoms with E-state index in [1.807, 2.05) is 46.8 Å². The van der Waals surface area contributed by atoms with Crippen molar-refractivity contribution in [3.05, 3.63) is 40.4 Å². The molecule has 5 N–H and O–H groups in total. The quantitative estimate of drug-likeness (QED) is 0.0886. The van der Waals surface area contributed by atoms with E-state index in [1.54, 1.807) is 25.1 Å². The summed E-state index contributed by atoms with van der Waals surface area (Å²) in [5.74, 6) is -5.91. The van der Waals surface area contributed by atoms with Gasteiger partial charge >= 0.3 is 5.97 Å². The molecule has 0 aliphatic carbocycles. The van der Waals surface area contributed by atoms with Crippen LogP contribution >= 0.6 is 35.4 Å². The van der Waals surface area contributed by atoms with E-state index in [2.05, 4.69) is 38.3 Å². The molecule has 6 rings (SSSR count). The number of aliphatic hydroxyl groups excluding tert-OH is 1. The Balaban J connectivity index is 1.25. The lowest BCUT2D eigenvalue weighted by atomic mass is 9.72. The number of thiocarbonyl (C=S) groups is 1. The van der Waals surface area contributed by atoms with Crippen molar-refractivity contribution < 1.29 is 48.6 Å². The summed E-state index contributed by atoms with van der Waals surface area (Å²) in [6.07, 6.45) is 6.77. The number of carbonyl (C=O) groups is 2. The normalized spacial score (nSPS) is 40.1. The Morgan fingerprint density at radius 2 is 1.62 bits per heavy atom. The van der Waals surface area contributed by atoms with Crippen molar-refractivity contribution in [3.63, 3.8) is 0 Å². The van der Waals surface area contributed by atoms with Crippen LogP contribution in [-0.2, 0) is 33.3 Å². The monoisotopic (exact) mass is 952 g/mol. The summed E-state index contributed by atoms with van der Waals surface area (Å²) in [6.45, 7) is 19.8. The number of nitrogens with one attached hydrogen (secondary N) is 2. The van der Waals surface area contributed by atoms with Crippen LogP contribution in [0.2, 0.25) is 10.0 Å². The lowest BCUT2D eigenvalue weighted by molar-refractivity contribution is -0.397. The average molecular weight is 954 g/mol. The Labute approximate surface area is 396 Å². The summed E-state index contributed by atoms with van der Waals surface area (Å²) in [5, 5.41) is 40.9.